The van der Waals surface area contributed by atoms with Gasteiger partial charge in [-0.25, -0.2) is 5.21 Å². The van der Waals surface area contributed by atoms with Gasteiger partial charge in [0.05, 0.1) is 14.1 Å². The van der Waals surface area contributed by atoms with Crippen molar-refractivity contribution in [3.8, 4) is 0 Å². The molecule has 6 nitrogen and oxygen atoms in total. The summed E-state index contributed by atoms with van der Waals surface area (Å²) < 4.78 is 11.1. The van der Waals surface area contributed by atoms with Crippen LogP contribution in [0.3, 0.4) is 0 Å². The third-order valence-electron chi connectivity index (χ3n) is 10.4. The molecule has 0 aliphatic rings. The molecule has 0 aromatic carbocycles. The van der Waals surface area contributed by atoms with Crippen molar-refractivity contribution < 1.29 is 28.9 Å². The highest BCUT2D eigenvalue weighted by Gasteiger charge is 2.28. The minimum atomic E-state index is -0.534. The van der Waals surface area contributed by atoms with E-state index in [4.69, 9.17) is 9.47 Å². The van der Waals surface area contributed by atoms with E-state index in [1.807, 2.05) is 6.92 Å². The molecule has 0 rings (SSSR count). The Morgan fingerprint density at radius 3 is 1.08 bits per heavy atom. The second-order valence-corrected chi connectivity index (χ2v) is 15.8. The average Bonchev–Trinajstić information content (AvgIpc) is 3.06. The monoisotopic (exact) mass is 697 g/mol. The Hall–Kier alpha value is -1.14. The quantitative estimate of drug-likeness (QED) is 0.0301. The average molecular weight is 697 g/mol. The lowest BCUT2D eigenvalue weighted by Gasteiger charge is -2.30. The molecule has 0 spiro atoms. The van der Waals surface area contributed by atoms with Gasteiger partial charge in [-0.15, -0.1) is 0 Å². The number of esters is 2. The van der Waals surface area contributed by atoms with E-state index in [0.717, 1.165) is 32.1 Å². The molecule has 0 heterocycles. The normalized spacial score (nSPS) is 13.0. The number of hydrogen-bond acceptors (Lipinski definition) is 5. The Balaban J connectivity index is 3.99. The van der Waals surface area contributed by atoms with Crippen LogP contribution in [0.1, 0.15) is 233 Å². The molecule has 292 valence electrons. The number of quaternary nitrogens is 1. The predicted molar refractivity (Wildman–Crippen MR) is 208 cm³/mol. The first-order valence-electron chi connectivity index (χ1n) is 21.6. The molecule has 0 bridgehead atoms. The Kier molecular flexibility index (Phi) is 34.5. The summed E-state index contributed by atoms with van der Waals surface area (Å²) in [6, 6.07) is -0.155. The van der Waals surface area contributed by atoms with Gasteiger partial charge in [-0.05, 0) is 19.8 Å². The number of unbranched alkanes of at least 4 members (excludes halogenated alkanes) is 28. The van der Waals surface area contributed by atoms with E-state index in [0.29, 0.717) is 19.3 Å². The van der Waals surface area contributed by atoms with Crippen LogP contribution in [0.25, 0.3) is 0 Å². The van der Waals surface area contributed by atoms with Crippen LogP contribution in [0, 0.1) is 0 Å². The minimum Gasteiger partial charge on any atom is -0.462 e. The van der Waals surface area contributed by atoms with Crippen LogP contribution < -0.4 is 0 Å². The lowest BCUT2D eigenvalue weighted by molar-refractivity contribution is -1.09. The molecule has 2 unspecified atom stereocenters. The zero-order valence-corrected chi connectivity index (χ0v) is 33.7. The molecule has 1 N–H and O–H groups in total. The molecule has 0 amide bonds. The fourth-order valence-corrected chi connectivity index (χ4v) is 6.57. The number of nitrogens with zero attached hydrogens (tertiary/aromatic N) is 1. The molecule has 0 aromatic heterocycles. The molecular weight excluding hydrogens is 610 g/mol. The largest absolute Gasteiger partial charge is 0.462 e. The van der Waals surface area contributed by atoms with Crippen molar-refractivity contribution in [2.45, 2.75) is 245 Å². The fourth-order valence-electron chi connectivity index (χ4n) is 6.57. The molecule has 0 saturated carbocycles. The summed E-state index contributed by atoms with van der Waals surface area (Å²) in [7, 11) is 3.42. The van der Waals surface area contributed by atoms with Gasteiger partial charge in [-0.2, -0.15) is 4.65 Å². The van der Waals surface area contributed by atoms with Crippen LogP contribution in [0.5, 0.6) is 0 Å². The second-order valence-electron chi connectivity index (χ2n) is 15.8. The van der Waals surface area contributed by atoms with Crippen LogP contribution in [0.4, 0.5) is 0 Å². The van der Waals surface area contributed by atoms with Crippen molar-refractivity contribution in [1.29, 1.82) is 0 Å². The molecule has 0 aromatic rings. The summed E-state index contributed by atoms with van der Waals surface area (Å²) in [4.78, 5) is 25.1. The summed E-state index contributed by atoms with van der Waals surface area (Å²) >= 11 is 0. The minimum absolute atomic E-state index is 0.0620. The van der Waals surface area contributed by atoms with Crippen LogP contribution in [-0.2, 0) is 19.1 Å². The van der Waals surface area contributed by atoms with Gasteiger partial charge in [0.2, 0.25) is 0 Å². The molecule has 0 radical (unpaired) electrons. The number of carbonyl (C=O) groups is 2. The Morgan fingerprint density at radius 2 is 0.776 bits per heavy atom. The molecule has 0 aliphatic carbocycles. The van der Waals surface area contributed by atoms with Gasteiger partial charge in [-0.3, -0.25) is 9.59 Å². The third kappa shape index (κ3) is 35.1. The maximum absolute atomic E-state index is 12.7. The number of carbonyl (C=O) groups excluding carboxylic acids is 2. The van der Waals surface area contributed by atoms with Gasteiger partial charge in [0.25, 0.3) is 0 Å². The number of hydrogen-bond donors (Lipinski definition) is 1. The van der Waals surface area contributed by atoms with Crippen LogP contribution in [0.15, 0.2) is 0 Å². The topological polar surface area (TPSA) is 72.8 Å². The predicted octanol–water partition coefficient (Wildman–Crippen LogP) is 13.2. The van der Waals surface area contributed by atoms with Crippen LogP contribution in [-0.4, -0.2) is 54.6 Å². The van der Waals surface area contributed by atoms with Gasteiger partial charge < -0.3 is 9.47 Å². The van der Waals surface area contributed by atoms with Gasteiger partial charge in [0, 0.05) is 19.3 Å². The maximum atomic E-state index is 12.7. The summed E-state index contributed by atoms with van der Waals surface area (Å²) in [5.41, 5.74) is 0. The molecule has 0 aliphatic heterocycles. The lowest BCUT2D eigenvalue weighted by atomic mass is 10.0. The van der Waals surface area contributed by atoms with Crippen molar-refractivity contribution in [3.05, 3.63) is 0 Å². The lowest BCUT2D eigenvalue weighted by Crippen LogP contribution is -2.46. The van der Waals surface area contributed by atoms with E-state index in [-0.39, 0.29) is 29.2 Å². The van der Waals surface area contributed by atoms with E-state index in [2.05, 4.69) is 13.8 Å². The first-order valence-corrected chi connectivity index (χ1v) is 21.6. The Morgan fingerprint density at radius 1 is 0.490 bits per heavy atom. The van der Waals surface area contributed by atoms with Crippen molar-refractivity contribution in [2.75, 3.05) is 20.7 Å². The third-order valence-corrected chi connectivity index (χ3v) is 10.4. The standard InChI is InChI=1S/C43H86NO5/c1-6-8-10-12-14-16-18-20-22-24-26-28-30-32-34-36-42(45)48-39-41(38-40(3)44(4,5)47)49-43(46)37-35-33-31-29-27-25-23-21-19-17-15-13-11-9-7-2/h40-41,47H,6-39H2,1-5H3/q+1. The van der Waals surface area contributed by atoms with E-state index in [1.54, 1.807) is 14.1 Å². The molecule has 6 heteroatoms. The summed E-state index contributed by atoms with van der Waals surface area (Å²) in [5.74, 6) is -0.447. The molecule has 0 fully saturated rings. The highest BCUT2D eigenvalue weighted by molar-refractivity contribution is 5.70. The summed E-state index contributed by atoms with van der Waals surface area (Å²) in [5, 5.41) is 10.4. The first-order chi connectivity index (χ1) is 23.7. The first kappa shape index (κ1) is 47.9. The highest BCUT2D eigenvalue weighted by Crippen LogP contribution is 2.17. The van der Waals surface area contributed by atoms with Crippen molar-refractivity contribution in [1.82, 2.24) is 0 Å². The van der Waals surface area contributed by atoms with Gasteiger partial charge in [0.1, 0.15) is 18.8 Å². The number of rotatable bonds is 38. The van der Waals surface area contributed by atoms with Crippen LogP contribution >= 0.6 is 0 Å². The highest BCUT2D eigenvalue weighted by atomic mass is 16.6. The zero-order chi connectivity index (χ0) is 36.3. The second kappa shape index (κ2) is 35.3. The van der Waals surface area contributed by atoms with Gasteiger partial charge in [0.15, 0.2) is 0 Å². The van der Waals surface area contributed by atoms with E-state index >= 15 is 0 Å². The summed E-state index contributed by atoms with van der Waals surface area (Å²) in [6.45, 7) is 6.53. The van der Waals surface area contributed by atoms with Crippen molar-refractivity contribution in [2.24, 2.45) is 0 Å². The zero-order valence-electron chi connectivity index (χ0n) is 33.7. The molecule has 2 atom stereocenters. The van der Waals surface area contributed by atoms with Gasteiger partial charge in [-0.1, -0.05) is 194 Å². The smallest absolute Gasteiger partial charge is 0.306 e. The fraction of sp³-hybridized carbons (Fsp3) is 0.953. The van der Waals surface area contributed by atoms with E-state index in [1.165, 1.54) is 161 Å². The molecule has 0 saturated heterocycles. The molecule has 49 heavy (non-hydrogen) atoms. The van der Waals surface area contributed by atoms with Crippen molar-refractivity contribution in [3.63, 3.8) is 0 Å². The number of hydroxylamine groups is 3. The SMILES string of the molecule is CCCCCCCCCCCCCCCCCC(=O)OCC(CC(C)[N+](C)(C)O)OC(=O)CCCCCCCCCCCCCCCCC. The Bertz CT molecular complexity index is 721. The van der Waals surface area contributed by atoms with Gasteiger partial charge >= 0.3 is 11.9 Å². The maximum Gasteiger partial charge on any atom is 0.306 e. The van der Waals surface area contributed by atoms with Crippen molar-refractivity contribution >= 4 is 11.9 Å². The molecular formula is C43H86NO5+. The Labute approximate surface area is 305 Å². The summed E-state index contributed by atoms with van der Waals surface area (Å²) in [6.07, 6.45) is 39.5. The van der Waals surface area contributed by atoms with Crippen LogP contribution in [0.2, 0.25) is 0 Å². The van der Waals surface area contributed by atoms with E-state index < -0.39 is 6.10 Å². The van der Waals surface area contributed by atoms with E-state index in [9.17, 15) is 14.8 Å². The number of ether oxygens (including phenoxy) is 2.